The first-order valence-corrected chi connectivity index (χ1v) is 9.26. The molecule has 0 spiro atoms. The van der Waals surface area contributed by atoms with Crippen LogP contribution in [-0.2, 0) is 26.2 Å². The molecule has 2 N–H and O–H groups in total. The highest BCUT2D eigenvalue weighted by Gasteiger charge is 2.39. The molecule has 1 heterocycles. The van der Waals surface area contributed by atoms with E-state index in [9.17, 15) is 18.3 Å². The van der Waals surface area contributed by atoms with Crippen LogP contribution in [0.4, 0.5) is 0 Å². The molecule has 8 heteroatoms. The number of hydrogen-bond donors (Lipinski definition) is 2. The lowest BCUT2D eigenvalue weighted by Crippen LogP contribution is -2.51. The third kappa shape index (κ3) is 4.32. The predicted octanol–water partition coefficient (Wildman–Crippen LogP) is 0.485. The SMILES string of the molecule is CNC(=O)CC1(O)CCCN(S(=O)(=O)c2ccc(COC)cc2)C1. The van der Waals surface area contributed by atoms with Crippen LogP contribution in [0.15, 0.2) is 29.2 Å². The lowest BCUT2D eigenvalue weighted by atomic mass is 9.90. The van der Waals surface area contributed by atoms with Gasteiger partial charge in [0.2, 0.25) is 15.9 Å². The Balaban J connectivity index is 2.17. The summed E-state index contributed by atoms with van der Waals surface area (Å²) < 4.78 is 31.8. The minimum atomic E-state index is -3.71. The van der Waals surface area contributed by atoms with Gasteiger partial charge < -0.3 is 15.2 Å². The number of benzene rings is 1. The summed E-state index contributed by atoms with van der Waals surface area (Å²) in [7, 11) is -0.641. The van der Waals surface area contributed by atoms with Crippen molar-refractivity contribution in [1.82, 2.24) is 9.62 Å². The van der Waals surface area contributed by atoms with E-state index in [-0.39, 0.29) is 23.8 Å². The summed E-state index contributed by atoms with van der Waals surface area (Å²) in [6, 6.07) is 6.49. The van der Waals surface area contributed by atoms with Crippen molar-refractivity contribution in [1.29, 1.82) is 0 Å². The van der Waals surface area contributed by atoms with Crippen LogP contribution in [0, 0.1) is 0 Å². The van der Waals surface area contributed by atoms with E-state index < -0.39 is 15.6 Å². The summed E-state index contributed by atoms with van der Waals surface area (Å²) in [6.07, 6.45) is 0.802. The number of β-amino-alcohol motifs (C(OH)–C–C–N with tert-alkyl or cyclic N) is 1. The van der Waals surface area contributed by atoms with Gasteiger partial charge in [0.25, 0.3) is 0 Å². The van der Waals surface area contributed by atoms with Crippen molar-refractivity contribution in [3.05, 3.63) is 29.8 Å². The summed E-state index contributed by atoms with van der Waals surface area (Å²) in [5, 5.41) is 13.0. The zero-order valence-electron chi connectivity index (χ0n) is 14.0. The molecule has 134 valence electrons. The molecule has 1 aromatic rings. The van der Waals surface area contributed by atoms with Crippen LogP contribution in [0.5, 0.6) is 0 Å². The van der Waals surface area contributed by atoms with Gasteiger partial charge in [0.1, 0.15) is 0 Å². The lowest BCUT2D eigenvalue weighted by Gasteiger charge is -2.38. The van der Waals surface area contributed by atoms with Gasteiger partial charge in [-0.3, -0.25) is 4.79 Å². The Hall–Kier alpha value is -1.48. The molecule has 1 atom stereocenters. The summed E-state index contributed by atoms with van der Waals surface area (Å²) in [5.41, 5.74) is -0.451. The first-order valence-electron chi connectivity index (χ1n) is 7.82. The van der Waals surface area contributed by atoms with E-state index in [2.05, 4.69) is 5.32 Å². The predicted molar refractivity (Wildman–Crippen MR) is 88.8 cm³/mol. The van der Waals surface area contributed by atoms with E-state index in [1.165, 1.54) is 23.5 Å². The summed E-state index contributed by atoms with van der Waals surface area (Å²) in [4.78, 5) is 11.7. The second-order valence-corrected chi connectivity index (χ2v) is 8.03. The highest BCUT2D eigenvalue weighted by molar-refractivity contribution is 7.89. The molecule has 0 aliphatic carbocycles. The molecule has 7 nitrogen and oxygen atoms in total. The van der Waals surface area contributed by atoms with Gasteiger partial charge in [0.05, 0.1) is 23.5 Å². The number of carbonyl (C=O) groups excluding carboxylic acids is 1. The fraction of sp³-hybridized carbons (Fsp3) is 0.562. The third-order valence-electron chi connectivity index (χ3n) is 4.16. The Morgan fingerprint density at radius 2 is 2.04 bits per heavy atom. The van der Waals surface area contributed by atoms with Gasteiger partial charge in [-0.25, -0.2) is 8.42 Å². The number of piperidine rings is 1. The van der Waals surface area contributed by atoms with Crippen LogP contribution in [-0.4, -0.2) is 56.6 Å². The molecular formula is C16H24N2O5S. The fourth-order valence-corrected chi connectivity index (χ4v) is 4.44. The summed E-state index contributed by atoms with van der Waals surface area (Å²) in [5.74, 6) is -0.305. The minimum Gasteiger partial charge on any atom is -0.388 e. The van der Waals surface area contributed by atoms with Gasteiger partial charge in [0.15, 0.2) is 0 Å². The summed E-state index contributed by atoms with van der Waals surface area (Å²) >= 11 is 0. The Morgan fingerprint density at radius 3 is 2.62 bits per heavy atom. The quantitative estimate of drug-likeness (QED) is 0.773. The molecule has 1 aliphatic rings. The lowest BCUT2D eigenvalue weighted by molar-refractivity contribution is -0.127. The van der Waals surface area contributed by atoms with Crippen LogP contribution in [0.1, 0.15) is 24.8 Å². The highest BCUT2D eigenvalue weighted by atomic mass is 32.2. The molecule has 0 aromatic heterocycles. The number of hydrogen-bond acceptors (Lipinski definition) is 5. The zero-order chi connectivity index (χ0) is 17.8. The van der Waals surface area contributed by atoms with Gasteiger partial charge in [0, 0.05) is 27.2 Å². The number of ether oxygens (including phenoxy) is 1. The number of carbonyl (C=O) groups is 1. The van der Waals surface area contributed by atoms with Crippen LogP contribution in [0.25, 0.3) is 0 Å². The van der Waals surface area contributed by atoms with Crippen molar-refractivity contribution in [3.63, 3.8) is 0 Å². The van der Waals surface area contributed by atoms with Gasteiger partial charge in [-0.05, 0) is 30.5 Å². The Labute approximate surface area is 142 Å². The maximum absolute atomic E-state index is 12.8. The van der Waals surface area contributed by atoms with Crippen molar-refractivity contribution in [3.8, 4) is 0 Å². The molecule has 0 radical (unpaired) electrons. The molecule has 1 fully saturated rings. The minimum absolute atomic E-state index is 0.0808. The van der Waals surface area contributed by atoms with E-state index >= 15 is 0 Å². The molecule has 24 heavy (non-hydrogen) atoms. The summed E-state index contributed by atoms with van der Waals surface area (Å²) in [6.45, 7) is 0.663. The van der Waals surface area contributed by atoms with Crippen LogP contribution in [0.2, 0.25) is 0 Å². The zero-order valence-corrected chi connectivity index (χ0v) is 14.8. The topological polar surface area (TPSA) is 95.9 Å². The second kappa shape index (κ2) is 7.60. The molecule has 0 bridgehead atoms. The molecule has 1 aromatic carbocycles. The number of rotatable bonds is 6. The van der Waals surface area contributed by atoms with Crippen molar-refractivity contribution in [2.75, 3.05) is 27.2 Å². The number of nitrogens with zero attached hydrogens (tertiary/aromatic N) is 1. The number of nitrogens with one attached hydrogen (secondary N) is 1. The van der Waals surface area contributed by atoms with Crippen molar-refractivity contribution < 1.29 is 23.1 Å². The van der Waals surface area contributed by atoms with E-state index in [1.54, 1.807) is 19.2 Å². The first-order chi connectivity index (χ1) is 11.3. The Morgan fingerprint density at radius 1 is 1.38 bits per heavy atom. The largest absolute Gasteiger partial charge is 0.388 e. The average molecular weight is 356 g/mol. The smallest absolute Gasteiger partial charge is 0.243 e. The molecule has 1 amide bonds. The molecule has 1 aliphatic heterocycles. The molecule has 0 saturated carbocycles. The van der Waals surface area contributed by atoms with Gasteiger partial charge in [-0.1, -0.05) is 12.1 Å². The fourth-order valence-electron chi connectivity index (χ4n) is 2.88. The molecule has 2 rings (SSSR count). The second-order valence-electron chi connectivity index (χ2n) is 6.09. The first kappa shape index (κ1) is 18.9. The normalized spacial score (nSPS) is 22.3. The van der Waals surface area contributed by atoms with Crippen LogP contribution in [0.3, 0.4) is 0 Å². The highest BCUT2D eigenvalue weighted by Crippen LogP contribution is 2.28. The molecule has 1 saturated heterocycles. The number of sulfonamides is 1. The van der Waals surface area contributed by atoms with Gasteiger partial charge in [-0.15, -0.1) is 0 Å². The van der Waals surface area contributed by atoms with Gasteiger partial charge >= 0.3 is 0 Å². The van der Waals surface area contributed by atoms with Crippen molar-refractivity contribution in [2.24, 2.45) is 0 Å². The number of aliphatic hydroxyl groups is 1. The Bertz CT molecular complexity index is 674. The maximum atomic E-state index is 12.8. The van der Waals surface area contributed by atoms with Gasteiger partial charge in [-0.2, -0.15) is 4.31 Å². The Kier molecular flexibility index (Phi) is 5.97. The number of methoxy groups -OCH3 is 1. The maximum Gasteiger partial charge on any atom is 0.243 e. The van der Waals surface area contributed by atoms with Crippen LogP contribution < -0.4 is 5.32 Å². The molecular weight excluding hydrogens is 332 g/mol. The van der Waals surface area contributed by atoms with E-state index in [1.807, 2.05) is 0 Å². The standard InChI is InChI=1S/C16H24N2O5S/c1-17-15(19)10-16(20)8-3-9-18(12-16)24(21,22)14-6-4-13(5-7-14)11-23-2/h4-7,20H,3,8-12H2,1-2H3,(H,17,19). The monoisotopic (exact) mass is 356 g/mol. The average Bonchev–Trinajstić information content (AvgIpc) is 2.55. The van der Waals surface area contributed by atoms with E-state index in [4.69, 9.17) is 4.74 Å². The van der Waals surface area contributed by atoms with Crippen molar-refractivity contribution in [2.45, 2.75) is 36.4 Å². The van der Waals surface area contributed by atoms with Crippen molar-refractivity contribution >= 4 is 15.9 Å². The van der Waals surface area contributed by atoms with E-state index in [0.29, 0.717) is 26.0 Å². The molecule has 1 unspecified atom stereocenters. The van der Waals surface area contributed by atoms with E-state index in [0.717, 1.165) is 5.56 Å². The number of amides is 1. The van der Waals surface area contributed by atoms with Crippen LogP contribution >= 0.6 is 0 Å². The third-order valence-corrected chi connectivity index (χ3v) is 6.02.